The summed E-state index contributed by atoms with van der Waals surface area (Å²) in [6.07, 6.45) is 1.83. The lowest BCUT2D eigenvalue weighted by Gasteiger charge is -2.15. The van der Waals surface area contributed by atoms with E-state index in [1.807, 2.05) is 31.2 Å². The van der Waals surface area contributed by atoms with Gasteiger partial charge >= 0.3 is 0 Å². The van der Waals surface area contributed by atoms with E-state index in [-0.39, 0.29) is 0 Å². The van der Waals surface area contributed by atoms with Gasteiger partial charge in [0.25, 0.3) is 0 Å². The molecule has 0 aliphatic carbocycles. The van der Waals surface area contributed by atoms with E-state index in [4.69, 9.17) is 21.7 Å². The first-order valence-electron chi connectivity index (χ1n) is 8.26. The van der Waals surface area contributed by atoms with Gasteiger partial charge in [0.15, 0.2) is 0 Å². The van der Waals surface area contributed by atoms with E-state index in [0.29, 0.717) is 6.61 Å². The second kappa shape index (κ2) is 8.69. The molecule has 0 bridgehead atoms. The molecule has 0 radical (unpaired) electrons. The third-order valence-corrected chi connectivity index (χ3v) is 4.33. The molecule has 0 unspecified atom stereocenters. The van der Waals surface area contributed by atoms with Crippen LogP contribution in [0.15, 0.2) is 36.4 Å². The van der Waals surface area contributed by atoms with Crippen LogP contribution < -0.4 is 14.8 Å². The molecular weight excluding hydrogens is 318 g/mol. The van der Waals surface area contributed by atoms with E-state index < -0.39 is 0 Å². The van der Waals surface area contributed by atoms with Crippen LogP contribution in [-0.2, 0) is 13.0 Å². The molecular formula is C20H25NO2S. The van der Waals surface area contributed by atoms with Gasteiger partial charge in [-0.1, -0.05) is 38.2 Å². The van der Waals surface area contributed by atoms with Crippen molar-refractivity contribution in [3.05, 3.63) is 53.1 Å². The van der Waals surface area contributed by atoms with Crippen LogP contribution in [0.4, 0.5) is 5.69 Å². The Bertz CT molecular complexity index is 713. The second-order valence-electron chi connectivity index (χ2n) is 5.67. The highest BCUT2D eigenvalue weighted by Crippen LogP contribution is 2.26. The van der Waals surface area contributed by atoms with E-state index in [2.05, 4.69) is 31.3 Å². The van der Waals surface area contributed by atoms with Crippen LogP contribution in [0.1, 0.15) is 37.0 Å². The summed E-state index contributed by atoms with van der Waals surface area (Å²) >= 11 is 5.31. The fraction of sp³-hybridized carbons (Fsp3) is 0.350. The number of nitrogens with one attached hydrogen (secondary N) is 1. The van der Waals surface area contributed by atoms with Crippen LogP contribution in [0.3, 0.4) is 0 Å². The maximum atomic E-state index is 6.03. The Morgan fingerprint density at radius 2 is 1.92 bits per heavy atom. The van der Waals surface area contributed by atoms with E-state index in [9.17, 15) is 0 Å². The largest absolute Gasteiger partial charge is 0.497 e. The Labute approximate surface area is 150 Å². The van der Waals surface area contributed by atoms with Gasteiger partial charge < -0.3 is 14.8 Å². The zero-order valence-corrected chi connectivity index (χ0v) is 15.6. The Kier molecular flexibility index (Phi) is 6.62. The summed E-state index contributed by atoms with van der Waals surface area (Å²) in [4.78, 5) is 0.799. The number of hydrogen-bond acceptors (Lipinski definition) is 3. The number of anilines is 1. The zero-order chi connectivity index (χ0) is 17.5. The number of methoxy groups -OCH3 is 1. The molecule has 0 heterocycles. The van der Waals surface area contributed by atoms with Gasteiger partial charge in [0.2, 0.25) is 0 Å². The number of hydrogen-bond donors (Lipinski definition) is 1. The van der Waals surface area contributed by atoms with Gasteiger partial charge in [-0.2, -0.15) is 0 Å². The first-order chi connectivity index (χ1) is 11.6. The molecule has 0 aromatic heterocycles. The van der Waals surface area contributed by atoms with Gasteiger partial charge in [-0.15, -0.1) is 0 Å². The van der Waals surface area contributed by atoms with Crippen molar-refractivity contribution in [2.24, 2.45) is 0 Å². The lowest BCUT2D eigenvalue weighted by molar-refractivity contribution is 0.304. The standard InChI is InChI=1S/C20H25NO2S/c1-5-15-7-10-19(14(3)11-15)23-13-16-8-9-17(22-4)12-18(16)21-20(24)6-2/h7-12H,5-6,13H2,1-4H3,(H,21,24). The minimum absolute atomic E-state index is 0.477. The predicted octanol–water partition coefficient (Wildman–Crippen LogP) is 5.29. The van der Waals surface area contributed by atoms with Crippen LogP contribution >= 0.6 is 12.2 Å². The molecule has 0 spiro atoms. The summed E-state index contributed by atoms with van der Waals surface area (Å²) in [5.74, 6) is 1.70. The van der Waals surface area contributed by atoms with Gasteiger partial charge in [0.05, 0.1) is 12.1 Å². The van der Waals surface area contributed by atoms with Gasteiger partial charge in [-0.3, -0.25) is 0 Å². The highest BCUT2D eigenvalue weighted by atomic mass is 32.1. The van der Waals surface area contributed by atoms with Crippen LogP contribution in [0, 0.1) is 6.92 Å². The Balaban J connectivity index is 2.18. The summed E-state index contributed by atoms with van der Waals surface area (Å²) in [5.41, 5.74) is 4.45. The Morgan fingerprint density at radius 3 is 2.54 bits per heavy atom. The van der Waals surface area contributed by atoms with Gasteiger partial charge in [-0.25, -0.2) is 0 Å². The number of benzene rings is 2. The van der Waals surface area contributed by atoms with Crippen molar-refractivity contribution in [2.45, 2.75) is 40.2 Å². The molecule has 128 valence electrons. The average Bonchev–Trinajstić information content (AvgIpc) is 2.61. The first-order valence-corrected chi connectivity index (χ1v) is 8.67. The molecule has 0 fully saturated rings. The third-order valence-electron chi connectivity index (χ3n) is 3.94. The average molecular weight is 343 g/mol. The molecule has 2 rings (SSSR count). The monoisotopic (exact) mass is 343 g/mol. The highest BCUT2D eigenvalue weighted by Gasteiger charge is 2.08. The second-order valence-corrected chi connectivity index (χ2v) is 6.16. The number of ether oxygens (including phenoxy) is 2. The lowest BCUT2D eigenvalue weighted by atomic mass is 10.1. The molecule has 4 heteroatoms. The molecule has 1 N–H and O–H groups in total. The molecule has 2 aromatic carbocycles. The molecule has 24 heavy (non-hydrogen) atoms. The van der Waals surface area contributed by atoms with E-state index in [1.165, 1.54) is 5.56 Å². The van der Waals surface area contributed by atoms with Crippen molar-refractivity contribution in [3.8, 4) is 11.5 Å². The minimum Gasteiger partial charge on any atom is -0.497 e. The molecule has 3 nitrogen and oxygen atoms in total. The Hall–Kier alpha value is -2.07. The Morgan fingerprint density at radius 1 is 1.12 bits per heavy atom. The van der Waals surface area contributed by atoms with Gasteiger partial charge in [-0.05, 0) is 49.1 Å². The fourth-order valence-electron chi connectivity index (χ4n) is 2.41. The van der Waals surface area contributed by atoms with Crippen LogP contribution in [-0.4, -0.2) is 12.1 Å². The predicted molar refractivity (Wildman–Crippen MR) is 104 cm³/mol. The maximum Gasteiger partial charge on any atom is 0.122 e. The smallest absolute Gasteiger partial charge is 0.122 e. The van der Waals surface area contributed by atoms with Crippen molar-refractivity contribution in [1.82, 2.24) is 0 Å². The van der Waals surface area contributed by atoms with Crippen molar-refractivity contribution < 1.29 is 9.47 Å². The molecule has 0 atom stereocenters. The number of thiocarbonyl (C=S) groups is 1. The molecule has 2 aromatic rings. The molecule has 0 saturated heterocycles. The summed E-state index contributed by atoms with van der Waals surface area (Å²) in [5, 5.41) is 3.28. The van der Waals surface area contributed by atoms with Crippen molar-refractivity contribution in [2.75, 3.05) is 12.4 Å². The normalized spacial score (nSPS) is 10.3. The molecule has 0 aliphatic rings. The topological polar surface area (TPSA) is 30.5 Å². The van der Waals surface area contributed by atoms with Crippen LogP contribution in [0.2, 0.25) is 0 Å². The molecule has 0 amide bonds. The molecule has 0 saturated carbocycles. The van der Waals surface area contributed by atoms with Crippen LogP contribution in [0.5, 0.6) is 11.5 Å². The van der Waals surface area contributed by atoms with E-state index in [1.54, 1.807) is 7.11 Å². The molecule has 0 aliphatic heterocycles. The zero-order valence-electron chi connectivity index (χ0n) is 14.8. The minimum atomic E-state index is 0.477. The fourth-order valence-corrected chi connectivity index (χ4v) is 2.52. The van der Waals surface area contributed by atoms with Gasteiger partial charge in [0, 0.05) is 17.3 Å². The lowest BCUT2D eigenvalue weighted by Crippen LogP contribution is -2.10. The third kappa shape index (κ3) is 4.71. The summed E-state index contributed by atoms with van der Waals surface area (Å²) < 4.78 is 11.3. The summed E-state index contributed by atoms with van der Waals surface area (Å²) in [6, 6.07) is 12.2. The first kappa shape index (κ1) is 18.3. The number of rotatable bonds is 7. The van der Waals surface area contributed by atoms with E-state index >= 15 is 0 Å². The maximum absolute atomic E-state index is 6.03. The summed E-state index contributed by atoms with van der Waals surface area (Å²) in [6.45, 7) is 6.74. The van der Waals surface area contributed by atoms with Gasteiger partial charge in [0.1, 0.15) is 18.1 Å². The van der Waals surface area contributed by atoms with E-state index in [0.717, 1.165) is 46.1 Å². The highest BCUT2D eigenvalue weighted by molar-refractivity contribution is 7.80. The van der Waals surface area contributed by atoms with Crippen molar-refractivity contribution >= 4 is 22.9 Å². The van der Waals surface area contributed by atoms with Crippen molar-refractivity contribution in [3.63, 3.8) is 0 Å². The number of aryl methyl sites for hydroxylation is 2. The quantitative estimate of drug-likeness (QED) is 0.692. The SMILES string of the molecule is CCC(=S)Nc1cc(OC)ccc1COc1ccc(CC)cc1C. The van der Waals surface area contributed by atoms with Crippen molar-refractivity contribution in [1.29, 1.82) is 0 Å². The summed E-state index contributed by atoms with van der Waals surface area (Å²) in [7, 11) is 1.66. The van der Waals surface area contributed by atoms with Crippen LogP contribution in [0.25, 0.3) is 0 Å².